The molecule has 1 saturated heterocycles. The van der Waals surface area contributed by atoms with Crippen LogP contribution in [-0.4, -0.2) is 35.9 Å². The van der Waals surface area contributed by atoms with Crippen LogP contribution in [0.3, 0.4) is 0 Å². The molecule has 21 heavy (non-hydrogen) atoms. The maximum Gasteiger partial charge on any atom is 0.354 e. The van der Waals surface area contributed by atoms with E-state index in [0.29, 0.717) is 18.4 Å². The van der Waals surface area contributed by atoms with Crippen molar-refractivity contribution in [2.75, 3.05) is 19.8 Å². The van der Waals surface area contributed by atoms with Gasteiger partial charge in [0.2, 0.25) is 5.88 Å². The predicted octanol–water partition coefficient (Wildman–Crippen LogP) is 2.74. The molecular formula is C16H17NO4. The van der Waals surface area contributed by atoms with Crippen molar-refractivity contribution >= 4 is 16.7 Å². The van der Waals surface area contributed by atoms with E-state index in [1.807, 2.05) is 24.3 Å². The largest absolute Gasteiger partial charge is 0.477 e. The maximum atomic E-state index is 11.2. The Kier molecular flexibility index (Phi) is 4.01. The van der Waals surface area contributed by atoms with E-state index in [9.17, 15) is 4.79 Å². The van der Waals surface area contributed by atoms with Crippen molar-refractivity contribution in [1.29, 1.82) is 0 Å². The number of benzene rings is 1. The second-order valence-electron chi connectivity index (χ2n) is 5.21. The van der Waals surface area contributed by atoms with Gasteiger partial charge in [0.05, 0.1) is 6.61 Å². The van der Waals surface area contributed by atoms with Gasteiger partial charge >= 0.3 is 5.97 Å². The zero-order valence-corrected chi connectivity index (χ0v) is 11.6. The summed E-state index contributed by atoms with van der Waals surface area (Å²) in [6, 6.07) is 9.10. The molecule has 0 unspecified atom stereocenters. The predicted molar refractivity (Wildman–Crippen MR) is 77.7 cm³/mol. The standard InChI is InChI=1S/C16H17NO4/c18-16(19)14-9-12-3-1-2-4-13(12)15(17-14)21-10-11-5-7-20-8-6-11/h1-4,9,11H,5-8,10H2,(H,18,19). The Labute approximate surface area is 122 Å². The molecule has 0 amide bonds. The zero-order chi connectivity index (χ0) is 14.7. The monoisotopic (exact) mass is 287 g/mol. The molecule has 1 N–H and O–H groups in total. The molecular weight excluding hydrogens is 270 g/mol. The fourth-order valence-corrected chi connectivity index (χ4v) is 2.50. The SMILES string of the molecule is O=C(O)c1cc2ccccc2c(OCC2CCOCC2)n1. The van der Waals surface area contributed by atoms with Gasteiger partial charge in [0.25, 0.3) is 0 Å². The smallest absolute Gasteiger partial charge is 0.354 e. The molecule has 110 valence electrons. The number of fused-ring (bicyclic) bond motifs is 1. The first-order valence-corrected chi connectivity index (χ1v) is 7.07. The number of carbonyl (C=O) groups is 1. The van der Waals surface area contributed by atoms with Crippen molar-refractivity contribution in [1.82, 2.24) is 4.98 Å². The second-order valence-corrected chi connectivity index (χ2v) is 5.21. The Hall–Kier alpha value is -2.14. The van der Waals surface area contributed by atoms with Crippen molar-refractivity contribution in [2.24, 2.45) is 5.92 Å². The van der Waals surface area contributed by atoms with Crippen molar-refractivity contribution in [3.63, 3.8) is 0 Å². The highest BCUT2D eigenvalue weighted by atomic mass is 16.5. The highest BCUT2D eigenvalue weighted by Gasteiger charge is 2.17. The van der Waals surface area contributed by atoms with Crippen LogP contribution < -0.4 is 4.74 Å². The molecule has 1 aliphatic heterocycles. The minimum Gasteiger partial charge on any atom is -0.477 e. The lowest BCUT2D eigenvalue weighted by molar-refractivity contribution is 0.0492. The third-order valence-electron chi connectivity index (χ3n) is 3.72. The van der Waals surface area contributed by atoms with Gasteiger partial charge in [-0.2, -0.15) is 0 Å². The summed E-state index contributed by atoms with van der Waals surface area (Å²) in [5.74, 6) is -0.207. The molecule has 0 aliphatic carbocycles. The van der Waals surface area contributed by atoms with E-state index in [1.54, 1.807) is 6.07 Å². The average Bonchev–Trinajstić information content (AvgIpc) is 2.53. The third kappa shape index (κ3) is 3.13. The highest BCUT2D eigenvalue weighted by Crippen LogP contribution is 2.26. The van der Waals surface area contributed by atoms with Crippen LogP contribution >= 0.6 is 0 Å². The summed E-state index contributed by atoms with van der Waals surface area (Å²) < 4.78 is 11.1. The summed E-state index contributed by atoms with van der Waals surface area (Å²) in [6.45, 7) is 2.07. The lowest BCUT2D eigenvalue weighted by Crippen LogP contribution is -2.21. The number of hydrogen-bond donors (Lipinski definition) is 1. The number of nitrogens with zero attached hydrogens (tertiary/aromatic N) is 1. The molecule has 2 heterocycles. The number of aromatic carboxylic acids is 1. The summed E-state index contributed by atoms with van der Waals surface area (Å²) in [5, 5.41) is 10.8. The van der Waals surface area contributed by atoms with Crippen LogP contribution in [0.2, 0.25) is 0 Å². The van der Waals surface area contributed by atoms with Crippen LogP contribution in [0.15, 0.2) is 30.3 Å². The Morgan fingerprint density at radius 3 is 2.86 bits per heavy atom. The van der Waals surface area contributed by atoms with Gasteiger partial charge in [-0.15, -0.1) is 0 Å². The lowest BCUT2D eigenvalue weighted by Gasteiger charge is -2.22. The van der Waals surface area contributed by atoms with Crippen LogP contribution in [0.1, 0.15) is 23.3 Å². The molecule has 1 aromatic heterocycles. The molecule has 0 atom stereocenters. The van der Waals surface area contributed by atoms with Crippen LogP contribution in [0.25, 0.3) is 10.8 Å². The van der Waals surface area contributed by atoms with Gasteiger partial charge < -0.3 is 14.6 Å². The first-order valence-electron chi connectivity index (χ1n) is 7.07. The average molecular weight is 287 g/mol. The zero-order valence-electron chi connectivity index (χ0n) is 11.6. The topological polar surface area (TPSA) is 68.7 Å². The Morgan fingerprint density at radius 2 is 2.10 bits per heavy atom. The van der Waals surface area contributed by atoms with Crippen molar-refractivity contribution in [3.05, 3.63) is 36.0 Å². The lowest BCUT2D eigenvalue weighted by atomic mass is 10.0. The van der Waals surface area contributed by atoms with Gasteiger partial charge in [-0.3, -0.25) is 0 Å². The molecule has 0 radical (unpaired) electrons. The van der Waals surface area contributed by atoms with E-state index < -0.39 is 5.97 Å². The Balaban J connectivity index is 1.86. The fourth-order valence-electron chi connectivity index (χ4n) is 2.50. The molecule has 1 aliphatic rings. The number of pyridine rings is 1. The van der Waals surface area contributed by atoms with Crippen LogP contribution in [-0.2, 0) is 4.74 Å². The van der Waals surface area contributed by atoms with E-state index in [1.165, 1.54) is 0 Å². The summed E-state index contributed by atoms with van der Waals surface area (Å²) in [4.78, 5) is 15.3. The molecule has 5 nitrogen and oxygen atoms in total. The molecule has 1 fully saturated rings. The van der Waals surface area contributed by atoms with E-state index in [4.69, 9.17) is 14.6 Å². The number of carboxylic acids is 1. The van der Waals surface area contributed by atoms with E-state index in [2.05, 4.69) is 4.98 Å². The van der Waals surface area contributed by atoms with Gasteiger partial charge in [-0.1, -0.05) is 18.2 Å². The van der Waals surface area contributed by atoms with E-state index in [0.717, 1.165) is 36.8 Å². The minimum atomic E-state index is -1.04. The van der Waals surface area contributed by atoms with Crippen LogP contribution in [0.4, 0.5) is 0 Å². The normalized spacial score (nSPS) is 16.0. The minimum absolute atomic E-state index is 0.00989. The molecule has 3 rings (SSSR count). The van der Waals surface area contributed by atoms with Gasteiger partial charge in [0.1, 0.15) is 0 Å². The quantitative estimate of drug-likeness (QED) is 0.936. The maximum absolute atomic E-state index is 11.2. The van der Waals surface area contributed by atoms with Gasteiger partial charge in [0, 0.05) is 18.6 Å². The van der Waals surface area contributed by atoms with Crippen LogP contribution in [0, 0.1) is 5.92 Å². The number of aromatic nitrogens is 1. The molecule has 0 spiro atoms. The number of rotatable bonds is 4. The van der Waals surface area contributed by atoms with Crippen molar-refractivity contribution in [2.45, 2.75) is 12.8 Å². The van der Waals surface area contributed by atoms with E-state index >= 15 is 0 Å². The van der Waals surface area contributed by atoms with Gasteiger partial charge in [-0.25, -0.2) is 9.78 Å². The molecule has 0 bridgehead atoms. The Bertz CT molecular complexity index is 650. The molecule has 5 heteroatoms. The second kappa shape index (κ2) is 6.10. The van der Waals surface area contributed by atoms with Crippen LogP contribution in [0.5, 0.6) is 5.88 Å². The summed E-state index contributed by atoms with van der Waals surface area (Å²) in [7, 11) is 0. The highest BCUT2D eigenvalue weighted by molar-refractivity contribution is 5.94. The number of carboxylic acid groups (broad SMARTS) is 1. The fraction of sp³-hybridized carbons (Fsp3) is 0.375. The number of ether oxygens (including phenoxy) is 2. The van der Waals surface area contributed by atoms with Gasteiger partial charge in [0.15, 0.2) is 5.69 Å². The Morgan fingerprint density at radius 1 is 1.33 bits per heavy atom. The first-order chi connectivity index (χ1) is 10.2. The molecule has 1 aromatic carbocycles. The van der Waals surface area contributed by atoms with Crippen molar-refractivity contribution < 1.29 is 19.4 Å². The van der Waals surface area contributed by atoms with Gasteiger partial charge in [-0.05, 0) is 36.3 Å². The summed E-state index contributed by atoms with van der Waals surface area (Å²) in [5.41, 5.74) is 0.00989. The summed E-state index contributed by atoms with van der Waals surface area (Å²) in [6.07, 6.45) is 1.94. The van der Waals surface area contributed by atoms with E-state index in [-0.39, 0.29) is 5.69 Å². The third-order valence-corrected chi connectivity index (χ3v) is 3.72. The molecule has 0 saturated carbocycles. The number of hydrogen-bond acceptors (Lipinski definition) is 4. The summed E-state index contributed by atoms with van der Waals surface area (Å²) >= 11 is 0. The first kappa shape index (κ1) is 13.8. The van der Waals surface area contributed by atoms with Crippen molar-refractivity contribution in [3.8, 4) is 5.88 Å². The molecule has 2 aromatic rings.